The number of furan rings is 1. The third-order valence-electron chi connectivity index (χ3n) is 3.61. The summed E-state index contributed by atoms with van der Waals surface area (Å²) in [4.78, 5) is 24.6. The predicted octanol–water partition coefficient (Wildman–Crippen LogP) is 2.89. The molecule has 0 saturated carbocycles. The number of amides is 1. The van der Waals surface area contributed by atoms with Crippen LogP contribution >= 0.6 is 0 Å². The van der Waals surface area contributed by atoms with E-state index in [1.165, 1.54) is 6.20 Å². The van der Waals surface area contributed by atoms with E-state index in [2.05, 4.69) is 10.4 Å². The van der Waals surface area contributed by atoms with E-state index < -0.39 is 17.7 Å². The average molecular weight is 317 g/mol. The Bertz CT molecular complexity index is 707. The molecule has 2 heterocycles. The first kappa shape index (κ1) is 17.0. The zero-order valence-corrected chi connectivity index (χ0v) is 14.2. The first-order chi connectivity index (χ1) is 10.7. The monoisotopic (exact) mass is 317 g/mol. The summed E-state index contributed by atoms with van der Waals surface area (Å²) in [7, 11) is 0. The highest BCUT2D eigenvalue weighted by Crippen LogP contribution is 2.33. The number of nitrogens with zero attached hydrogens (tertiary/aromatic N) is 2. The van der Waals surface area contributed by atoms with Crippen LogP contribution in [0, 0.1) is 12.3 Å². The largest absolute Gasteiger partial charge is 0.464 e. The third kappa shape index (κ3) is 3.88. The Hall–Kier alpha value is -2.37. The number of carbonyl (C=O) groups excluding carboxylic acids is 2. The van der Waals surface area contributed by atoms with Crippen molar-refractivity contribution in [2.24, 2.45) is 5.41 Å². The molecule has 0 aliphatic carbocycles. The Labute approximate surface area is 135 Å². The molecule has 1 N–H and O–H groups in total. The maximum Gasteiger partial charge on any atom is 0.293 e. The van der Waals surface area contributed by atoms with Gasteiger partial charge in [-0.05, 0) is 31.4 Å². The molecule has 124 valence electrons. The van der Waals surface area contributed by atoms with Crippen molar-refractivity contribution >= 4 is 11.7 Å². The van der Waals surface area contributed by atoms with Crippen LogP contribution in [0.5, 0.6) is 0 Å². The lowest BCUT2D eigenvalue weighted by Gasteiger charge is -2.29. The number of carbonyl (C=O) groups is 2. The van der Waals surface area contributed by atoms with Gasteiger partial charge >= 0.3 is 0 Å². The maximum absolute atomic E-state index is 12.3. The lowest BCUT2D eigenvalue weighted by atomic mass is 9.85. The van der Waals surface area contributed by atoms with E-state index in [0.717, 1.165) is 5.76 Å². The van der Waals surface area contributed by atoms with Crippen LogP contribution in [0.3, 0.4) is 0 Å². The van der Waals surface area contributed by atoms with Crippen molar-refractivity contribution in [2.45, 2.75) is 47.2 Å². The van der Waals surface area contributed by atoms with Gasteiger partial charge in [-0.1, -0.05) is 20.8 Å². The fourth-order valence-electron chi connectivity index (χ4n) is 2.30. The van der Waals surface area contributed by atoms with E-state index in [4.69, 9.17) is 4.42 Å². The molecule has 2 rings (SSSR count). The highest BCUT2D eigenvalue weighted by atomic mass is 16.3. The zero-order chi connectivity index (χ0) is 17.2. The molecule has 0 unspecified atom stereocenters. The van der Waals surface area contributed by atoms with Crippen LogP contribution in [0.2, 0.25) is 0 Å². The first-order valence-corrected chi connectivity index (χ1v) is 7.66. The SMILES string of the molecule is CCn1cc(C(=O)C(=O)N[C@@H](c2ccc(C)o2)C(C)(C)C)cn1. The van der Waals surface area contributed by atoms with Crippen LogP contribution < -0.4 is 5.32 Å². The standard InChI is InChI=1S/C17H23N3O3/c1-6-20-10-12(9-18-20)14(21)16(22)19-15(17(3,4)5)13-8-7-11(2)23-13/h7-10,15H,6H2,1-5H3,(H,19,22)/t15-/m0/s1. The summed E-state index contributed by atoms with van der Waals surface area (Å²) in [6, 6.07) is 3.27. The lowest BCUT2D eigenvalue weighted by Crippen LogP contribution is -2.40. The molecule has 2 aromatic rings. The van der Waals surface area contributed by atoms with Crippen LogP contribution in [0.4, 0.5) is 0 Å². The second-order valence-electron chi connectivity index (χ2n) is 6.63. The molecule has 6 heteroatoms. The number of hydrogen-bond acceptors (Lipinski definition) is 4. The van der Waals surface area contributed by atoms with E-state index in [0.29, 0.717) is 12.3 Å². The average Bonchev–Trinajstić information content (AvgIpc) is 3.11. The fourth-order valence-corrected chi connectivity index (χ4v) is 2.30. The quantitative estimate of drug-likeness (QED) is 0.679. The van der Waals surface area contributed by atoms with Crippen LogP contribution in [0.15, 0.2) is 28.9 Å². The number of ketones is 1. The molecule has 0 bridgehead atoms. The van der Waals surface area contributed by atoms with Crippen LogP contribution in [-0.4, -0.2) is 21.5 Å². The van der Waals surface area contributed by atoms with E-state index in [9.17, 15) is 9.59 Å². The minimum Gasteiger partial charge on any atom is -0.464 e. The molecule has 0 fully saturated rings. The van der Waals surface area contributed by atoms with E-state index in [1.54, 1.807) is 10.9 Å². The molecular weight excluding hydrogens is 294 g/mol. The topological polar surface area (TPSA) is 77.1 Å². The molecule has 23 heavy (non-hydrogen) atoms. The van der Waals surface area contributed by atoms with Crippen molar-refractivity contribution in [3.63, 3.8) is 0 Å². The second-order valence-corrected chi connectivity index (χ2v) is 6.63. The van der Waals surface area contributed by atoms with Gasteiger partial charge in [0.1, 0.15) is 11.5 Å². The Morgan fingerprint density at radius 2 is 2.04 bits per heavy atom. The van der Waals surface area contributed by atoms with Gasteiger partial charge in [-0.2, -0.15) is 5.10 Å². The summed E-state index contributed by atoms with van der Waals surface area (Å²) in [6.45, 7) is 10.3. The van der Waals surface area contributed by atoms with Crippen molar-refractivity contribution in [3.8, 4) is 0 Å². The molecule has 0 aliphatic rings. The minimum atomic E-state index is -0.658. The Morgan fingerprint density at radius 1 is 1.35 bits per heavy atom. The Kier molecular flexibility index (Phi) is 4.73. The summed E-state index contributed by atoms with van der Waals surface area (Å²) in [6.07, 6.45) is 2.99. The smallest absolute Gasteiger partial charge is 0.293 e. The highest BCUT2D eigenvalue weighted by Gasteiger charge is 2.32. The summed E-state index contributed by atoms with van der Waals surface area (Å²) in [5.74, 6) is 0.149. The fraction of sp³-hybridized carbons (Fsp3) is 0.471. The number of hydrogen-bond donors (Lipinski definition) is 1. The molecule has 0 spiro atoms. The summed E-state index contributed by atoms with van der Waals surface area (Å²) >= 11 is 0. The van der Waals surface area contributed by atoms with E-state index in [1.807, 2.05) is 46.8 Å². The molecule has 1 atom stereocenters. The van der Waals surface area contributed by atoms with E-state index >= 15 is 0 Å². The van der Waals surface area contributed by atoms with Gasteiger partial charge in [0.05, 0.1) is 17.8 Å². The highest BCUT2D eigenvalue weighted by molar-refractivity contribution is 6.42. The number of Topliss-reactive ketones (excluding diaryl/α,β-unsaturated/α-hetero) is 1. The maximum atomic E-state index is 12.3. The summed E-state index contributed by atoms with van der Waals surface area (Å²) in [5, 5.41) is 6.82. The molecule has 2 aromatic heterocycles. The third-order valence-corrected chi connectivity index (χ3v) is 3.61. The van der Waals surface area contributed by atoms with Crippen molar-refractivity contribution in [1.29, 1.82) is 0 Å². The van der Waals surface area contributed by atoms with Crippen LogP contribution in [0.25, 0.3) is 0 Å². The molecule has 0 aromatic carbocycles. The van der Waals surface area contributed by atoms with Gasteiger partial charge in [-0.15, -0.1) is 0 Å². The lowest BCUT2D eigenvalue weighted by molar-refractivity contribution is -0.118. The second kappa shape index (κ2) is 6.40. The van der Waals surface area contributed by atoms with E-state index in [-0.39, 0.29) is 11.0 Å². The molecule has 0 saturated heterocycles. The summed E-state index contributed by atoms with van der Waals surface area (Å²) < 4.78 is 7.25. The van der Waals surface area contributed by atoms with Gasteiger partial charge in [-0.3, -0.25) is 14.3 Å². The Balaban J connectivity index is 2.19. The number of nitrogens with one attached hydrogen (secondary N) is 1. The van der Waals surface area contributed by atoms with Crippen molar-refractivity contribution in [3.05, 3.63) is 41.6 Å². The van der Waals surface area contributed by atoms with Crippen LogP contribution in [0.1, 0.15) is 55.6 Å². The predicted molar refractivity (Wildman–Crippen MR) is 86.0 cm³/mol. The molecular formula is C17H23N3O3. The van der Waals surface area contributed by atoms with Gasteiger partial charge < -0.3 is 9.73 Å². The minimum absolute atomic E-state index is 0.285. The van der Waals surface area contributed by atoms with Gasteiger partial charge in [0.2, 0.25) is 0 Å². The molecule has 0 aliphatic heterocycles. The van der Waals surface area contributed by atoms with Gasteiger partial charge in [0, 0.05) is 12.7 Å². The van der Waals surface area contributed by atoms with Crippen molar-refractivity contribution in [2.75, 3.05) is 0 Å². The van der Waals surface area contributed by atoms with Crippen molar-refractivity contribution < 1.29 is 14.0 Å². The zero-order valence-electron chi connectivity index (χ0n) is 14.2. The summed E-state index contributed by atoms with van der Waals surface area (Å²) in [5.41, 5.74) is -0.0129. The number of aromatic nitrogens is 2. The van der Waals surface area contributed by atoms with Gasteiger partial charge in [0.25, 0.3) is 11.7 Å². The van der Waals surface area contributed by atoms with Gasteiger partial charge in [-0.25, -0.2) is 0 Å². The van der Waals surface area contributed by atoms with Crippen molar-refractivity contribution in [1.82, 2.24) is 15.1 Å². The number of rotatable bonds is 5. The Morgan fingerprint density at radius 3 is 2.52 bits per heavy atom. The van der Waals surface area contributed by atoms with Crippen LogP contribution in [-0.2, 0) is 11.3 Å². The normalized spacial score (nSPS) is 12.9. The number of aryl methyl sites for hydroxylation is 2. The molecule has 6 nitrogen and oxygen atoms in total. The van der Waals surface area contributed by atoms with Gasteiger partial charge in [0.15, 0.2) is 0 Å². The molecule has 1 amide bonds. The molecule has 0 radical (unpaired) electrons. The first-order valence-electron chi connectivity index (χ1n) is 7.66.